The van der Waals surface area contributed by atoms with Gasteiger partial charge in [-0.3, -0.25) is 4.68 Å². The van der Waals surface area contributed by atoms with Gasteiger partial charge in [0.15, 0.2) is 0 Å². The maximum Gasteiger partial charge on any atom is 0.315 e. The number of piperidine rings is 1. The van der Waals surface area contributed by atoms with Crippen LogP contribution in [0.15, 0.2) is 24.3 Å². The predicted octanol–water partition coefficient (Wildman–Crippen LogP) is 2.51. The van der Waals surface area contributed by atoms with E-state index in [2.05, 4.69) is 26.7 Å². The Labute approximate surface area is 160 Å². The van der Waals surface area contributed by atoms with Crippen molar-refractivity contribution in [3.8, 4) is 5.75 Å². The van der Waals surface area contributed by atoms with Crippen molar-refractivity contribution in [2.24, 2.45) is 7.05 Å². The van der Waals surface area contributed by atoms with Crippen molar-refractivity contribution in [2.75, 3.05) is 25.1 Å². The molecule has 2 amide bonds. The summed E-state index contributed by atoms with van der Waals surface area (Å²) >= 11 is 0. The standard InChI is InChI=1S/C20H29N5O2/c1-14-17(15(2)24(3)23-14)13-21-20(26)22-16-9-11-25(12-10-16)18-7-5-6-8-19(18)27-4/h5-8,16H,9-13H2,1-4H3,(H2,21,22,26). The molecule has 1 aromatic carbocycles. The van der Waals surface area contributed by atoms with E-state index in [9.17, 15) is 4.79 Å². The van der Waals surface area contributed by atoms with Gasteiger partial charge in [0.25, 0.3) is 0 Å². The molecule has 2 N–H and O–H groups in total. The second-order valence-electron chi connectivity index (χ2n) is 7.03. The first kappa shape index (κ1) is 19.1. The number of aryl methyl sites for hydroxylation is 2. The van der Waals surface area contributed by atoms with Gasteiger partial charge in [-0.2, -0.15) is 5.10 Å². The summed E-state index contributed by atoms with van der Waals surface area (Å²) in [4.78, 5) is 14.6. The maximum absolute atomic E-state index is 12.3. The summed E-state index contributed by atoms with van der Waals surface area (Å²) in [5, 5.41) is 10.5. The lowest BCUT2D eigenvalue weighted by Crippen LogP contribution is -2.47. The van der Waals surface area contributed by atoms with Crippen molar-refractivity contribution in [1.82, 2.24) is 20.4 Å². The minimum absolute atomic E-state index is 0.117. The molecule has 0 bridgehead atoms. The summed E-state index contributed by atoms with van der Waals surface area (Å²) in [6, 6.07) is 8.14. The minimum Gasteiger partial charge on any atom is -0.495 e. The molecule has 1 aliphatic rings. The second kappa shape index (κ2) is 8.33. The van der Waals surface area contributed by atoms with Crippen molar-refractivity contribution in [3.05, 3.63) is 41.2 Å². The van der Waals surface area contributed by atoms with Crippen LogP contribution in [0.4, 0.5) is 10.5 Å². The third kappa shape index (κ3) is 4.35. The van der Waals surface area contributed by atoms with E-state index in [1.165, 1.54) is 0 Å². The molecule has 1 aromatic heterocycles. The number of carbonyl (C=O) groups is 1. The average Bonchev–Trinajstić information content (AvgIpc) is 2.92. The number of carbonyl (C=O) groups excluding carboxylic acids is 1. The molecule has 0 unspecified atom stereocenters. The van der Waals surface area contributed by atoms with Crippen LogP contribution >= 0.6 is 0 Å². The molecular formula is C20H29N5O2. The Morgan fingerprint density at radius 2 is 1.96 bits per heavy atom. The third-order valence-corrected chi connectivity index (χ3v) is 5.34. The fourth-order valence-electron chi connectivity index (χ4n) is 3.63. The highest BCUT2D eigenvalue weighted by molar-refractivity contribution is 5.74. The Kier molecular flexibility index (Phi) is 5.88. The molecule has 0 radical (unpaired) electrons. The number of rotatable bonds is 5. The van der Waals surface area contributed by atoms with Gasteiger partial charge in [-0.15, -0.1) is 0 Å². The lowest BCUT2D eigenvalue weighted by Gasteiger charge is -2.34. The summed E-state index contributed by atoms with van der Waals surface area (Å²) < 4.78 is 7.30. The van der Waals surface area contributed by atoms with Crippen LogP contribution in [0.3, 0.4) is 0 Å². The number of benzene rings is 1. The van der Waals surface area contributed by atoms with Crippen molar-refractivity contribution in [1.29, 1.82) is 0 Å². The molecule has 1 saturated heterocycles. The largest absolute Gasteiger partial charge is 0.495 e. The molecule has 7 nitrogen and oxygen atoms in total. The van der Waals surface area contributed by atoms with E-state index in [1.807, 2.05) is 43.8 Å². The van der Waals surface area contributed by atoms with Crippen LogP contribution in [-0.2, 0) is 13.6 Å². The second-order valence-corrected chi connectivity index (χ2v) is 7.03. The molecule has 0 atom stereocenters. The zero-order valence-corrected chi connectivity index (χ0v) is 16.6. The zero-order chi connectivity index (χ0) is 19.4. The molecule has 146 valence electrons. The highest BCUT2D eigenvalue weighted by atomic mass is 16.5. The number of hydrogen-bond acceptors (Lipinski definition) is 4. The number of para-hydroxylation sites is 2. The lowest BCUT2D eigenvalue weighted by atomic mass is 10.0. The summed E-state index contributed by atoms with van der Waals surface area (Å²) in [6.07, 6.45) is 1.83. The van der Waals surface area contributed by atoms with Gasteiger partial charge in [0.2, 0.25) is 0 Å². The number of amides is 2. The van der Waals surface area contributed by atoms with Crippen LogP contribution in [0.5, 0.6) is 5.75 Å². The summed E-state index contributed by atoms with van der Waals surface area (Å²) in [6.45, 7) is 6.27. The fourth-order valence-corrected chi connectivity index (χ4v) is 3.63. The molecule has 27 heavy (non-hydrogen) atoms. The lowest BCUT2D eigenvalue weighted by molar-refractivity contribution is 0.234. The Bertz CT molecular complexity index is 794. The van der Waals surface area contributed by atoms with Gasteiger partial charge in [0.05, 0.1) is 18.5 Å². The molecule has 2 aromatic rings. The number of methoxy groups -OCH3 is 1. The maximum atomic E-state index is 12.3. The summed E-state index contributed by atoms with van der Waals surface area (Å²) in [5.74, 6) is 0.892. The molecule has 0 spiro atoms. The van der Waals surface area contributed by atoms with E-state index in [1.54, 1.807) is 7.11 Å². The monoisotopic (exact) mass is 371 g/mol. The SMILES string of the molecule is COc1ccccc1N1CCC(NC(=O)NCc2c(C)nn(C)c2C)CC1. The molecule has 2 heterocycles. The van der Waals surface area contributed by atoms with Gasteiger partial charge in [0.1, 0.15) is 5.75 Å². The number of hydrogen-bond donors (Lipinski definition) is 2. The number of aromatic nitrogens is 2. The first-order valence-corrected chi connectivity index (χ1v) is 9.41. The molecular weight excluding hydrogens is 342 g/mol. The van der Waals surface area contributed by atoms with Crippen molar-refractivity contribution < 1.29 is 9.53 Å². The molecule has 7 heteroatoms. The van der Waals surface area contributed by atoms with E-state index in [0.717, 1.165) is 54.3 Å². The highest BCUT2D eigenvalue weighted by Crippen LogP contribution is 2.29. The quantitative estimate of drug-likeness (QED) is 0.847. The van der Waals surface area contributed by atoms with Gasteiger partial charge in [-0.25, -0.2) is 4.79 Å². The first-order chi connectivity index (χ1) is 13.0. The predicted molar refractivity (Wildman–Crippen MR) is 106 cm³/mol. The van der Waals surface area contributed by atoms with E-state index < -0.39 is 0 Å². The van der Waals surface area contributed by atoms with Crippen molar-refractivity contribution in [2.45, 2.75) is 39.3 Å². The van der Waals surface area contributed by atoms with Crippen molar-refractivity contribution in [3.63, 3.8) is 0 Å². The minimum atomic E-state index is -0.117. The van der Waals surface area contributed by atoms with E-state index in [-0.39, 0.29) is 12.1 Å². The number of nitrogens with one attached hydrogen (secondary N) is 2. The van der Waals surface area contributed by atoms with Crippen LogP contribution in [-0.4, -0.2) is 42.1 Å². The van der Waals surface area contributed by atoms with E-state index in [4.69, 9.17) is 4.74 Å². The van der Waals surface area contributed by atoms with Gasteiger partial charge in [-0.1, -0.05) is 12.1 Å². The van der Waals surface area contributed by atoms with Crippen LogP contribution in [0.25, 0.3) is 0 Å². The van der Waals surface area contributed by atoms with Crippen LogP contribution < -0.4 is 20.3 Å². The molecule has 0 saturated carbocycles. The number of anilines is 1. The van der Waals surface area contributed by atoms with E-state index in [0.29, 0.717) is 6.54 Å². The summed E-state index contributed by atoms with van der Waals surface area (Å²) in [5.41, 5.74) is 4.24. The van der Waals surface area contributed by atoms with Gasteiger partial charge in [0, 0.05) is 44.0 Å². The average molecular weight is 371 g/mol. The summed E-state index contributed by atoms with van der Waals surface area (Å²) in [7, 11) is 3.62. The van der Waals surface area contributed by atoms with Crippen LogP contribution in [0.2, 0.25) is 0 Å². The number of nitrogens with zero attached hydrogens (tertiary/aromatic N) is 3. The van der Waals surface area contributed by atoms with Gasteiger partial charge >= 0.3 is 6.03 Å². The molecule has 1 fully saturated rings. The van der Waals surface area contributed by atoms with Crippen LogP contribution in [0, 0.1) is 13.8 Å². The smallest absolute Gasteiger partial charge is 0.315 e. The van der Waals surface area contributed by atoms with E-state index >= 15 is 0 Å². The first-order valence-electron chi connectivity index (χ1n) is 9.41. The third-order valence-electron chi connectivity index (χ3n) is 5.34. The molecule has 0 aliphatic carbocycles. The van der Waals surface area contributed by atoms with Gasteiger partial charge in [-0.05, 0) is 38.8 Å². The van der Waals surface area contributed by atoms with Crippen LogP contribution in [0.1, 0.15) is 29.8 Å². The molecule has 3 rings (SSSR count). The Balaban J connectivity index is 1.48. The normalized spacial score (nSPS) is 14.9. The van der Waals surface area contributed by atoms with Crippen molar-refractivity contribution >= 4 is 11.7 Å². The Morgan fingerprint density at radius 1 is 1.26 bits per heavy atom. The van der Waals surface area contributed by atoms with Gasteiger partial charge < -0.3 is 20.3 Å². The Morgan fingerprint density at radius 3 is 2.59 bits per heavy atom. The Hall–Kier alpha value is -2.70. The molecule has 1 aliphatic heterocycles. The zero-order valence-electron chi connectivity index (χ0n) is 16.6. The highest BCUT2D eigenvalue weighted by Gasteiger charge is 2.22. The number of ether oxygens (including phenoxy) is 1. The topological polar surface area (TPSA) is 71.4 Å². The fraction of sp³-hybridized carbons (Fsp3) is 0.500. The number of urea groups is 1.